The molecule has 1 aliphatic heterocycles. The number of nitrogens with zero attached hydrogens (tertiary/aromatic N) is 1. The summed E-state index contributed by atoms with van der Waals surface area (Å²) in [7, 11) is 1.98. The molecule has 1 N–H and O–H groups in total. The van der Waals surface area contributed by atoms with E-state index in [1.54, 1.807) is 12.1 Å². The Bertz CT molecular complexity index is 409. The van der Waals surface area contributed by atoms with Gasteiger partial charge in [0.15, 0.2) is 11.6 Å². The molecule has 2 atom stereocenters. The second-order valence-corrected chi connectivity index (χ2v) is 5.11. The molecule has 0 amide bonds. The van der Waals surface area contributed by atoms with Gasteiger partial charge in [0, 0.05) is 24.7 Å². The molecule has 4 heteroatoms. The molecule has 2 nitrogen and oxygen atoms in total. The Morgan fingerprint density at radius 1 is 1.39 bits per heavy atom. The van der Waals surface area contributed by atoms with Crippen molar-refractivity contribution in [1.29, 1.82) is 0 Å². The van der Waals surface area contributed by atoms with Crippen molar-refractivity contribution in [3.8, 4) is 0 Å². The Hall–Kier alpha value is -1.00. The van der Waals surface area contributed by atoms with Crippen LogP contribution in [0.2, 0.25) is 0 Å². The first-order valence-corrected chi connectivity index (χ1v) is 6.44. The maximum absolute atomic E-state index is 13.6. The van der Waals surface area contributed by atoms with Gasteiger partial charge in [-0.05, 0) is 32.0 Å². The molecule has 1 fully saturated rings. The number of piperidine rings is 1. The fourth-order valence-electron chi connectivity index (χ4n) is 2.72. The third-order valence-electron chi connectivity index (χ3n) is 3.79. The number of hydrogen-bond acceptors (Lipinski definition) is 2. The summed E-state index contributed by atoms with van der Waals surface area (Å²) < 4.78 is 26.7. The van der Waals surface area contributed by atoms with E-state index in [0.717, 1.165) is 25.6 Å². The molecular weight excluding hydrogens is 234 g/mol. The molecule has 100 valence electrons. The molecule has 1 aromatic rings. The third kappa shape index (κ3) is 2.87. The molecular formula is C14H20F2N2. The topological polar surface area (TPSA) is 15.3 Å². The molecule has 0 radical (unpaired) electrons. The number of hydrogen-bond donors (Lipinski definition) is 1. The number of halogens is 2. The lowest BCUT2D eigenvalue weighted by Gasteiger charge is -2.36. The SMILES string of the molecule is CNC1CCN(Cc2cccc(F)c2F)CC1C. The van der Waals surface area contributed by atoms with Crippen molar-refractivity contribution >= 4 is 0 Å². The lowest BCUT2D eigenvalue weighted by atomic mass is 9.94. The minimum atomic E-state index is -0.759. The summed E-state index contributed by atoms with van der Waals surface area (Å²) in [6.07, 6.45) is 1.05. The Morgan fingerprint density at radius 2 is 2.17 bits per heavy atom. The van der Waals surface area contributed by atoms with Gasteiger partial charge in [-0.25, -0.2) is 8.78 Å². The highest BCUT2D eigenvalue weighted by atomic mass is 19.2. The first-order chi connectivity index (χ1) is 8.61. The van der Waals surface area contributed by atoms with Crippen LogP contribution in [-0.4, -0.2) is 31.1 Å². The average Bonchev–Trinajstić information content (AvgIpc) is 2.35. The number of likely N-dealkylation sites (tertiary alicyclic amines) is 1. The molecule has 0 spiro atoms. The Morgan fingerprint density at radius 3 is 2.83 bits per heavy atom. The second kappa shape index (κ2) is 5.76. The Labute approximate surface area is 107 Å². The minimum absolute atomic E-state index is 0.449. The molecule has 0 saturated carbocycles. The van der Waals surface area contributed by atoms with E-state index in [1.807, 2.05) is 7.05 Å². The summed E-state index contributed by atoms with van der Waals surface area (Å²) in [6, 6.07) is 4.91. The maximum Gasteiger partial charge on any atom is 0.163 e. The number of benzene rings is 1. The quantitative estimate of drug-likeness (QED) is 0.891. The van der Waals surface area contributed by atoms with Gasteiger partial charge in [0.1, 0.15) is 0 Å². The minimum Gasteiger partial charge on any atom is -0.317 e. The molecule has 0 aromatic heterocycles. The van der Waals surface area contributed by atoms with Crippen LogP contribution in [0.15, 0.2) is 18.2 Å². The normalized spacial score (nSPS) is 25.3. The highest BCUT2D eigenvalue weighted by Crippen LogP contribution is 2.20. The van der Waals surface area contributed by atoms with Crippen molar-refractivity contribution in [3.05, 3.63) is 35.4 Å². The van der Waals surface area contributed by atoms with Crippen LogP contribution >= 0.6 is 0 Å². The summed E-state index contributed by atoms with van der Waals surface area (Å²) in [6.45, 7) is 4.52. The van der Waals surface area contributed by atoms with E-state index < -0.39 is 11.6 Å². The van der Waals surface area contributed by atoms with E-state index in [9.17, 15) is 8.78 Å². The van der Waals surface area contributed by atoms with Gasteiger partial charge in [0.2, 0.25) is 0 Å². The summed E-state index contributed by atoms with van der Waals surface area (Å²) in [5.41, 5.74) is 0.449. The van der Waals surface area contributed by atoms with E-state index in [-0.39, 0.29) is 0 Å². The van der Waals surface area contributed by atoms with Crippen LogP contribution in [-0.2, 0) is 6.54 Å². The average molecular weight is 254 g/mol. The second-order valence-electron chi connectivity index (χ2n) is 5.11. The first kappa shape index (κ1) is 13.4. The van der Waals surface area contributed by atoms with Gasteiger partial charge >= 0.3 is 0 Å². The smallest absolute Gasteiger partial charge is 0.163 e. The lowest BCUT2D eigenvalue weighted by Crippen LogP contribution is -2.46. The van der Waals surface area contributed by atoms with Crippen molar-refractivity contribution in [2.45, 2.75) is 25.9 Å². The van der Waals surface area contributed by atoms with Crippen LogP contribution in [0.3, 0.4) is 0 Å². The summed E-state index contributed by atoms with van der Waals surface area (Å²) in [4.78, 5) is 2.19. The fourth-order valence-corrected chi connectivity index (χ4v) is 2.72. The largest absolute Gasteiger partial charge is 0.317 e. The van der Waals surface area contributed by atoms with Crippen LogP contribution in [0.5, 0.6) is 0 Å². The lowest BCUT2D eigenvalue weighted by molar-refractivity contribution is 0.143. The van der Waals surface area contributed by atoms with Gasteiger partial charge in [-0.1, -0.05) is 19.1 Å². The molecule has 1 heterocycles. The predicted molar refractivity (Wildman–Crippen MR) is 68.3 cm³/mol. The molecule has 18 heavy (non-hydrogen) atoms. The number of nitrogens with one attached hydrogen (secondary N) is 1. The fraction of sp³-hybridized carbons (Fsp3) is 0.571. The zero-order chi connectivity index (χ0) is 13.1. The van der Waals surface area contributed by atoms with Crippen LogP contribution in [0.25, 0.3) is 0 Å². The third-order valence-corrected chi connectivity index (χ3v) is 3.79. The molecule has 0 aliphatic carbocycles. The van der Waals surface area contributed by atoms with E-state index in [4.69, 9.17) is 0 Å². The molecule has 2 unspecified atom stereocenters. The van der Waals surface area contributed by atoms with Crippen LogP contribution in [0.4, 0.5) is 8.78 Å². The van der Waals surface area contributed by atoms with Crippen molar-refractivity contribution < 1.29 is 8.78 Å². The molecule has 2 rings (SSSR count). The van der Waals surface area contributed by atoms with Crippen LogP contribution in [0.1, 0.15) is 18.9 Å². The van der Waals surface area contributed by atoms with Gasteiger partial charge < -0.3 is 5.32 Å². The van der Waals surface area contributed by atoms with Gasteiger partial charge in [0.25, 0.3) is 0 Å². The van der Waals surface area contributed by atoms with E-state index in [0.29, 0.717) is 24.1 Å². The maximum atomic E-state index is 13.6. The van der Waals surface area contributed by atoms with Gasteiger partial charge in [-0.2, -0.15) is 0 Å². The molecule has 1 saturated heterocycles. The standard InChI is InChI=1S/C14H20F2N2/c1-10-8-18(7-6-13(10)17-2)9-11-4-3-5-12(15)14(11)16/h3-5,10,13,17H,6-9H2,1-2H3. The first-order valence-electron chi connectivity index (χ1n) is 6.44. The summed E-state index contributed by atoms with van der Waals surface area (Å²) >= 11 is 0. The van der Waals surface area contributed by atoms with Gasteiger partial charge in [-0.3, -0.25) is 4.90 Å². The molecule has 1 aromatic carbocycles. The van der Waals surface area contributed by atoms with Crippen LogP contribution < -0.4 is 5.32 Å². The highest BCUT2D eigenvalue weighted by Gasteiger charge is 2.25. The van der Waals surface area contributed by atoms with Gasteiger partial charge in [-0.15, -0.1) is 0 Å². The van der Waals surface area contributed by atoms with Gasteiger partial charge in [0.05, 0.1) is 0 Å². The zero-order valence-electron chi connectivity index (χ0n) is 10.9. The summed E-state index contributed by atoms with van der Waals surface area (Å²) in [5, 5.41) is 3.30. The Kier molecular flexibility index (Phi) is 4.30. The van der Waals surface area contributed by atoms with E-state index in [2.05, 4.69) is 17.1 Å². The summed E-state index contributed by atoms with van der Waals surface area (Å²) in [5.74, 6) is -0.938. The molecule has 1 aliphatic rings. The van der Waals surface area contributed by atoms with E-state index >= 15 is 0 Å². The van der Waals surface area contributed by atoms with Crippen LogP contribution in [0, 0.1) is 17.6 Å². The highest BCUT2D eigenvalue weighted by molar-refractivity contribution is 5.18. The monoisotopic (exact) mass is 254 g/mol. The Balaban J connectivity index is 2.00. The van der Waals surface area contributed by atoms with Crippen molar-refractivity contribution in [1.82, 2.24) is 10.2 Å². The predicted octanol–water partition coefficient (Wildman–Crippen LogP) is 2.39. The van der Waals surface area contributed by atoms with Crippen molar-refractivity contribution in [3.63, 3.8) is 0 Å². The number of rotatable bonds is 3. The zero-order valence-corrected chi connectivity index (χ0v) is 10.9. The molecule has 0 bridgehead atoms. The van der Waals surface area contributed by atoms with Crippen molar-refractivity contribution in [2.24, 2.45) is 5.92 Å². The van der Waals surface area contributed by atoms with Crippen molar-refractivity contribution in [2.75, 3.05) is 20.1 Å². The van der Waals surface area contributed by atoms with E-state index in [1.165, 1.54) is 0 Å².